The third-order valence-corrected chi connectivity index (χ3v) is 4.65. The van der Waals surface area contributed by atoms with E-state index in [2.05, 4.69) is 28.8 Å². The maximum absolute atomic E-state index is 5.68. The van der Waals surface area contributed by atoms with Gasteiger partial charge in [-0.15, -0.1) is 11.8 Å². The predicted octanol–water partition coefficient (Wildman–Crippen LogP) is 2.13. The molecule has 1 unspecified atom stereocenters. The van der Waals surface area contributed by atoms with Crippen molar-refractivity contribution in [3.8, 4) is 0 Å². The van der Waals surface area contributed by atoms with Crippen LogP contribution in [0, 0.1) is 0 Å². The molecule has 0 aliphatic carbocycles. The first-order valence-corrected chi connectivity index (χ1v) is 7.72. The highest BCUT2D eigenvalue weighted by atomic mass is 32.2. The van der Waals surface area contributed by atoms with Gasteiger partial charge in [0, 0.05) is 30.2 Å². The van der Waals surface area contributed by atoms with E-state index in [4.69, 9.17) is 4.74 Å². The van der Waals surface area contributed by atoms with Crippen LogP contribution in [0.15, 0.2) is 23.1 Å². The third-order valence-electron chi connectivity index (χ3n) is 3.45. The van der Waals surface area contributed by atoms with Crippen molar-refractivity contribution in [3.05, 3.63) is 23.8 Å². The molecule has 1 fully saturated rings. The SMILES string of the molecule is c1cc2c(cc1NCC1CNCCO1)CCCS2. The molecule has 1 aromatic carbocycles. The fourth-order valence-electron chi connectivity index (χ4n) is 2.45. The fraction of sp³-hybridized carbons (Fsp3) is 0.571. The molecular formula is C14H20N2OS. The lowest BCUT2D eigenvalue weighted by molar-refractivity contribution is 0.0372. The third kappa shape index (κ3) is 2.99. The molecule has 0 radical (unpaired) electrons. The van der Waals surface area contributed by atoms with Crippen LogP contribution in [0.2, 0.25) is 0 Å². The highest BCUT2D eigenvalue weighted by molar-refractivity contribution is 7.99. The molecule has 2 N–H and O–H groups in total. The monoisotopic (exact) mass is 264 g/mol. The molecule has 0 aromatic heterocycles. The van der Waals surface area contributed by atoms with E-state index >= 15 is 0 Å². The van der Waals surface area contributed by atoms with Crippen LogP contribution in [-0.4, -0.2) is 38.1 Å². The van der Waals surface area contributed by atoms with Gasteiger partial charge >= 0.3 is 0 Å². The Balaban J connectivity index is 1.58. The first-order chi connectivity index (χ1) is 8.92. The highest BCUT2D eigenvalue weighted by Crippen LogP contribution is 2.31. The number of fused-ring (bicyclic) bond motifs is 1. The van der Waals surface area contributed by atoms with Crippen LogP contribution in [0.1, 0.15) is 12.0 Å². The van der Waals surface area contributed by atoms with Gasteiger partial charge in [-0.2, -0.15) is 0 Å². The van der Waals surface area contributed by atoms with Crippen molar-refractivity contribution in [2.24, 2.45) is 0 Å². The number of anilines is 1. The molecule has 0 bridgehead atoms. The Labute approximate surface area is 113 Å². The summed E-state index contributed by atoms with van der Waals surface area (Å²) in [6.45, 7) is 3.65. The van der Waals surface area contributed by atoms with Crippen molar-refractivity contribution in [1.29, 1.82) is 0 Å². The van der Waals surface area contributed by atoms with Gasteiger partial charge < -0.3 is 15.4 Å². The van der Waals surface area contributed by atoms with Crippen molar-refractivity contribution in [2.75, 3.05) is 37.3 Å². The van der Waals surface area contributed by atoms with Crippen LogP contribution in [0.4, 0.5) is 5.69 Å². The van der Waals surface area contributed by atoms with Crippen LogP contribution in [0.25, 0.3) is 0 Å². The van der Waals surface area contributed by atoms with Gasteiger partial charge in [0.1, 0.15) is 0 Å². The van der Waals surface area contributed by atoms with Crippen molar-refractivity contribution >= 4 is 17.4 Å². The van der Waals surface area contributed by atoms with E-state index in [1.54, 1.807) is 0 Å². The van der Waals surface area contributed by atoms with Crippen LogP contribution in [0.5, 0.6) is 0 Å². The Hall–Kier alpha value is -0.710. The minimum absolute atomic E-state index is 0.296. The summed E-state index contributed by atoms with van der Waals surface area (Å²) in [6.07, 6.45) is 2.82. The van der Waals surface area contributed by atoms with Crippen LogP contribution < -0.4 is 10.6 Å². The Morgan fingerprint density at radius 1 is 1.44 bits per heavy atom. The Morgan fingerprint density at radius 3 is 3.33 bits per heavy atom. The van der Waals surface area contributed by atoms with Gasteiger partial charge in [0.2, 0.25) is 0 Å². The normalized spacial score (nSPS) is 23.4. The number of morpholine rings is 1. The summed E-state index contributed by atoms with van der Waals surface area (Å²) in [5.41, 5.74) is 2.73. The van der Waals surface area contributed by atoms with E-state index in [0.29, 0.717) is 6.10 Å². The van der Waals surface area contributed by atoms with E-state index in [-0.39, 0.29) is 0 Å². The number of thioether (sulfide) groups is 1. The lowest BCUT2D eigenvalue weighted by Gasteiger charge is -2.24. The minimum atomic E-state index is 0.296. The first-order valence-electron chi connectivity index (χ1n) is 6.74. The molecule has 98 valence electrons. The summed E-state index contributed by atoms with van der Waals surface area (Å²) >= 11 is 1.98. The van der Waals surface area contributed by atoms with E-state index in [9.17, 15) is 0 Å². The predicted molar refractivity (Wildman–Crippen MR) is 76.6 cm³/mol. The van der Waals surface area contributed by atoms with Gasteiger partial charge in [-0.05, 0) is 42.4 Å². The number of rotatable bonds is 3. The van der Waals surface area contributed by atoms with Gasteiger partial charge in [-0.3, -0.25) is 0 Å². The minimum Gasteiger partial charge on any atom is -0.382 e. The number of hydrogen-bond acceptors (Lipinski definition) is 4. The molecule has 0 spiro atoms. The summed E-state index contributed by atoms with van der Waals surface area (Å²) in [4.78, 5) is 1.46. The summed E-state index contributed by atoms with van der Waals surface area (Å²) in [6, 6.07) is 6.74. The summed E-state index contributed by atoms with van der Waals surface area (Å²) < 4.78 is 5.68. The Bertz CT molecular complexity index is 405. The molecule has 0 amide bonds. The first kappa shape index (κ1) is 12.3. The number of ether oxygens (including phenoxy) is 1. The van der Waals surface area contributed by atoms with Crippen molar-refractivity contribution in [2.45, 2.75) is 23.8 Å². The average molecular weight is 264 g/mol. The zero-order valence-corrected chi connectivity index (χ0v) is 11.4. The van der Waals surface area contributed by atoms with Crippen molar-refractivity contribution < 1.29 is 4.74 Å². The van der Waals surface area contributed by atoms with E-state index < -0.39 is 0 Å². The van der Waals surface area contributed by atoms with Crippen LogP contribution in [-0.2, 0) is 11.2 Å². The maximum atomic E-state index is 5.68. The van der Waals surface area contributed by atoms with Gasteiger partial charge in [-0.25, -0.2) is 0 Å². The second-order valence-electron chi connectivity index (χ2n) is 4.85. The summed E-state index contributed by atoms with van der Waals surface area (Å²) in [5, 5.41) is 6.84. The zero-order chi connectivity index (χ0) is 12.2. The van der Waals surface area contributed by atoms with E-state index in [1.165, 1.54) is 34.7 Å². The molecule has 2 heterocycles. The number of aryl methyl sites for hydroxylation is 1. The molecule has 3 rings (SSSR count). The smallest absolute Gasteiger partial charge is 0.0872 e. The molecule has 3 nitrogen and oxygen atoms in total. The topological polar surface area (TPSA) is 33.3 Å². The van der Waals surface area contributed by atoms with Crippen molar-refractivity contribution in [3.63, 3.8) is 0 Å². The molecule has 1 saturated heterocycles. The lowest BCUT2D eigenvalue weighted by Crippen LogP contribution is -2.42. The molecule has 1 atom stereocenters. The van der Waals surface area contributed by atoms with Gasteiger partial charge in [0.05, 0.1) is 12.7 Å². The largest absolute Gasteiger partial charge is 0.382 e. The molecule has 4 heteroatoms. The summed E-state index contributed by atoms with van der Waals surface area (Å²) in [7, 11) is 0. The standard InChI is InChI=1S/C14H20N2OS/c1-2-11-8-12(3-4-14(11)18-7-1)16-10-13-9-15-5-6-17-13/h3-4,8,13,15-16H,1-2,5-7,9-10H2. The molecule has 0 saturated carbocycles. The van der Waals surface area contributed by atoms with Gasteiger partial charge in [-0.1, -0.05) is 0 Å². The quantitative estimate of drug-likeness (QED) is 0.876. The Morgan fingerprint density at radius 2 is 2.44 bits per heavy atom. The van der Waals surface area contributed by atoms with E-state index in [1.807, 2.05) is 11.8 Å². The summed E-state index contributed by atoms with van der Waals surface area (Å²) in [5.74, 6) is 1.27. The second-order valence-corrected chi connectivity index (χ2v) is 5.99. The Kier molecular flexibility index (Phi) is 4.08. The second kappa shape index (κ2) is 5.95. The molecule has 2 aliphatic rings. The zero-order valence-electron chi connectivity index (χ0n) is 10.6. The van der Waals surface area contributed by atoms with Crippen LogP contribution >= 0.6 is 11.8 Å². The molecule has 1 aromatic rings. The van der Waals surface area contributed by atoms with E-state index in [0.717, 1.165) is 26.2 Å². The maximum Gasteiger partial charge on any atom is 0.0872 e. The number of hydrogen-bond donors (Lipinski definition) is 2. The molecular weight excluding hydrogens is 244 g/mol. The molecule has 2 aliphatic heterocycles. The number of nitrogens with one attached hydrogen (secondary N) is 2. The fourth-order valence-corrected chi connectivity index (χ4v) is 3.47. The highest BCUT2D eigenvalue weighted by Gasteiger charge is 2.14. The van der Waals surface area contributed by atoms with Gasteiger partial charge in [0.25, 0.3) is 0 Å². The van der Waals surface area contributed by atoms with Gasteiger partial charge in [0.15, 0.2) is 0 Å². The average Bonchev–Trinajstić information content (AvgIpc) is 2.46. The molecule has 18 heavy (non-hydrogen) atoms. The number of benzene rings is 1. The van der Waals surface area contributed by atoms with Crippen molar-refractivity contribution in [1.82, 2.24) is 5.32 Å². The van der Waals surface area contributed by atoms with Crippen LogP contribution in [0.3, 0.4) is 0 Å². The lowest BCUT2D eigenvalue weighted by atomic mass is 10.1.